The van der Waals surface area contributed by atoms with Gasteiger partial charge in [0.15, 0.2) is 11.0 Å². The standard InChI is InChI=1S/C12H13ClN4O/c1-7-4-9-10(5-14-7)16-11(13)12(17-9)15-8-2-3-18-6-8/h4-5,8H,2-3,6H2,1H3,(H,15,17)/t8-/m1/s1. The zero-order valence-electron chi connectivity index (χ0n) is 9.98. The van der Waals surface area contributed by atoms with E-state index in [-0.39, 0.29) is 6.04 Å². The van der Waals surface area contributed by atoms with E-state index in [1.54, 1.807) is 6.20 Å². The lowest BCUT2D eigenvalue weighted by atomic mass is 10.2. The van der Waals surface area contributed by atoms with Crippen LogP contribution < -0.4 is 5.32 Å². The molecular formula is C12H13ClN4O. The van der Waals surface area contributed by atoms with Crippen LogP contribution in [0.2, 0.25) is 5.15 Å². The first-order valence-corrected chi connectivity index (χ1v) is 6.24. The van der Waals surface area contributed by atoms with Gasteiger partial charge < -0.3 is 10.1 Å². The van der Waals surface area contributed by atoms with Crippen LogP contribution in [-0.4, -0.2) is 34.2 Å². The van der Waals surface area contributed by atoms with E-state index in [1.807, 2.05) is 13.0 Å². The van der Waals surface area contributed by atoms with E-state index in [0.29, 0.717) is 23.1 Å². The molecule has 2 aromatic rings. The molecule has 1 aliphatic rings. The summed E-state index contributed by atoms with van der Waals surface area (Å²) < 4.78 is 5.31. The molecule has 0 radical (unpaired) electrons. The van der Waals surface area contributed by atoms with Crippen LogP contribution in [0.15, 0.2) is 12.3 Å². The predicted octanol–water partition coefficient (Wildman–Crippen LogP) is 2.19. The lowest BCUT2D eigenvalue weighted by molar-refractivity contribution is 0.195. The maximum absolute atomic E-state index is 6.12. The molecule has 2 aromatic heterocycles. The van der Waals surface area contributed by atoms with Crippen LogP contribution in [0.1, 0.15) is 12.1 Å². The molecule has 1 N–H and O–H groups in total. The number of hydrogen-bond donors (Lipinski definition) is 1. The van der Waals surface area contributed by atoms with Crippen molar-refractivity contribution in [2.24, 2.45) is 0 Å². The SMILES string of the molecule is Cc1cc2nc(N[C@@H]3CCOC3)c(Cl)nc2cn1. The molecular weight excluding hydrogens is 252 g/mol. The number of anilines is 1. The first kappa shape index (κ1) is 11.6. The van der Waals surface area contributed by atoms with Crippen LogP contribution in [-0.2, 0) is 4.74 Å². The number of halogens is 1. The highest BCUT2D eigenvalue weighted by atomic mass is 35.5. The van der Waals surface area contributed by atoms with Gasteiger partial charge in [-0.3, -0.25) is 4.98 Å². The maximum atomic E-state index is 6.12. The van der Waals surface area contributed by atoms with E-state index in [9.17, 15) is 0 Å². The van der Waals surface area contributed by atoms with Gasteiger partial charge in [-0.15, -0.1) is 0 Å². The van der Waals surface area contributed by atoms with Crippen molar-refractivity contribution >= 4 is 28.5 Å². The number of pyridine rings is 1. The summed E-state index contributed by atoms with van der Waals surface area (Å²) in [5.41, 5.74) is 2.42. The fourth-order valence-corrected chi connectivity index (χ4v) is 2.16. The molecule has 0 unspecified atom stereocenters. The molecule has 1 saturated heterocycles. The normalized spacial score (nSPS) is 19.3. The largest absolute Gasteiger partial charge is 0.379 e. The monoisotopic (exact) mass is 264 g/mol. The first-order chi connectivity index (χ1) is 8.72. The van der Waals surface area contributed by atoms with E-state index in [2.05, 4.69) is 20.3 Å². The third kappa shape index (κ3) is 2.23. The Morgan fingerprint density at radius 2 is 2.28 bits per heavy atom. The summed E-state index contributed by atoms with van der Waals surface area (Å²) in [7, 11) is 0. The summed E-state index contributed by atoms with van der Waals surface area (Å²) in [4.78, 5) is 13.0. The Labute approximate surface area is 110 Å². The highest BCUT2D eigenvalue weighted by Crippen LogP contribution is 2.23. The van der Waals surface area contributed by atoms with E-state index in [1.165, 1.54) is 0 Å². The van der Waals surface area contributed by atoms with Crippen molar-refractivity contribution in [1.29, 1.82) is 0 Å². The Morgan fingerprint density at radius 1 is 1.39 bits per heavy atom. The van der Waals surface area contributed by atoms with Crippen LogP contribution in [0.25, 0.3) is 11.0 Å². The van der Waals surface area contributed by atoms with Crippen molar-refractivity contribution < 1.29 is 4.74 Å². The summed E-state index contributed by atoms with van der Waals surface area (Å²) in [6.45, 7) is 3.39. The second-order valence-electron chi connectivity index (χ2n) is 4.38. The van der Waals surface area contributed by atoms with Crippen LogP contribution in [0.4, 0.5) is 5.82 Å². The fraction of sp³-hybridized carbons (Fsp3) is 0.417. The summed E-state index contributed by atoms with van der Waals surface area (Å²) >= 11 is 6.12. The summed E-state index contributed by atoms with van der Waals surface area (Å²) in [5.74, 6) is 0.616. The number of aromatic nitrogens is 3. The zero-order valence-corrected chi connectivity index (χ0v) is 10.7. The Kier molecular flexibility index (Phi) is 3.01. The van der Waals surface area contributed by atoms with Crippen molar-refractivity contribution in [3.8, 4) is 0 Å². The van der Waals surface area contributed by atoms with Crippen LogP contribution >= 0.6 is 11.6 Å². The maximum Gasteiger partial charge on any atom is 0.172 e. The second-order valence-corrected chi connectivity index (χ2v) is 4.74. The summed E-state index contributed by atoms with van der Waals surface area (Å²) in [6.07, 6.45) is 2.65. The smallest absolute Gasteiger partial charge is 0.172 e. The highest BCUT2D eigenvalue weighted by Gasteiger charge is 2.18. The first-order valence-electron chi connectivity index (χ1n) is 5.86. The molecule has 1 aliphatic heterocycles. The molecule has 6 heteroatoms. The third-order valence-corrected chi connectivity index (χ3v) is 3.18. The van der Waals surface area contributed by atoms with Crippen LogP contribution in [0.3, 0.4) is 0 Å². The number of fused-ring (bicyclic) bond motifs is 1. The van der Waals surface area contributed by atoms with Gasteiger partial charge in [-0.1, -0.05) is 11.6 Å². The van der Waals surface area contributed by atoms with Gasteiger partial charge in [0.1, 0.15) is 5.52 Å². The van der Waals surface area contributed by atoms with Gasteiger partial charge in [0.2, 0.25) is 0 Å². The second kappa shape index (κ2) is 4.66. The minimum Gasteiger partial charge on any atom is -0.379 e. The van der Waals surface area contributed by atoms with Gasteiger partial charge in [0.25, 0.3) is 0 Å². The van der Waals surface area contributed by atoms with Crippen molar-refractivity contribution in [1.82, 2.24) is 15.0 Å². The summed E-state index contributed by atoms with van der Waals surface area (Å²) in [6, 6.07) is 2.16. The molecule has 0 spiro atoms. The molecule has 3 heterocycles. The third-order valence-electron chi connectivity index (χ3n) is 2.92. The molecule has 0 aliphatic carbocycles. The van der Waals surface area contributed by atoms with E-state index >= 15 is 0 Å². The zero-order chi connectivity index (χ0) is 12.5. The number of nitrogens with one attached hydrogen (secondary N) is 1. The average molecular weight is 265 g/mol. The molecule has 1 atom stereocenters. The number of nitrogens with zero attached hydrogens (tertiary/aromatic N) is 3. The lowest BCUT2D eigenvalue weighted by Gasteiger charge is -2.12. The van der Waals surface area contributed by atoms with Crippen molar-refractivity contribution in [3.63, 3.8) is 0 Å². The van der Waals surface area contributed by atoms with E-state index in [4.69, 9.17) is 16.3 Å². The molecule has 18 heavy (non-hydrogen) atoms. The molecule has 5 nitrogen and oxygen atoms in total. The van der Waals surface area contributed by atoms with Gasteiger partial charge >= 0.3 is 0 Å². The predicted molar refractivity (Wildman–Crippen MR) is 69.9 cm³/mol. The lowest BCUT2D eigenvalue weighted by Crippen LogP contribution is -2.20. The van der Waals surface area contributed by atoms with E-state index < -0.39 is 0 Å². The summed E-state index contributed by atoms with van der Waals surface area (Å²) in [5, 5.41) is 3.64. The van der Waals surface area contributed by atoms with Gasteiger partial charge in [-0.05, 0) is 19.4 Å². The molecule has 94 valence electrons. The van der Waals surface area contributed by atoms with Gasteiger partial charge in [-0.2, -0.15) is 0 Å². The Bertz CT molecular complexity index is 584. The van der Waals surface area contributed by atoms with Gasteiger partial charge in [0, 0.05) is 12.3 Å². The van der Waals surface area contributed by atoms with Crippen LogP contribution in [0, 0.1) is 6.92 Å². The van der Waals surface area contributed by atoms with Crippen molar-refractivity contribution in [3.05, 3.63) is 23.1 Å². The molecule has 0 saturated carbocycles. The number of ether oxygens (including phenoxy) is 1. The topological polar surface area (TPSA) is 59.9 Å². The Balaban J connectivity index is 1.97. The highest BCUT2D eigenvalue weighted by molar-refractivity contribution is 6.32. The quantitative estimate of drug-likeness (QED) is 0.901. The minimum absolute atomic E-state index is 0.261. The molecule has 0 amide bonds. The molecule has 0 aromatic carbocycles. The fourth-order valence-electron chi connectivity index (χ4n) is 1.97. The Hall–Kier alpha value is -1.46. The molecule has 1 fully saturated rings. The number of rotatable bonds is 2. The molecule has 3 rings (SSSR count). The van der Waals surface area contributed by atoms with Crippen molar-refractivity contribution in [2.75, 3.05) is 18.5 Å². The average Bonchev–Trinajstić information content (AvgIpc) is 2.83. The van der Waals surface area contributed by atoms with Crippen molar-refractivity contribution in [2.45, 2.75) is 19.4 Å². The molecule has 0 bridgehead atoms. The van der Waals surface area contributed by atoms with Gasteiger partial charge in [-0.25, -0.2) is 9.97 Å². The Morgan fingerprint density at radius 3 is 3.06 bits per heavy atom. The number of aryl methyl sites for hydroxylation is 1. The van der Waals surface area contributed by atoms with Crippen LogP contribution in [0.5, 0.6) is 0 Å². The number of hydrogen-bond acceptors (Lipinski definition) is 5. The van der Waals surface area contributed by atoms with Gasteiger partial charge in [0.05, 0.1) is 24.4 Å². The minimum atomic E-state index is 0.261. The van der Waals surface area contributed by atoms with E-state index in [0.717, 1.165) is 24.2 Å².